The molecule has 0 aliphatic rings. The minimum absolute atomic E-state index is 0.492. The number of benzene rings is 1. The van der Waals surface area contributed by atoms with E-state index in [-0.39, 0.29) is 0 Å². The Morgan fingerprint density at radius 2 is 2.22 bits per heavy atom. The fourth-order valence-electron chi connectivity index (χ4n) is 2.40. The van der Waals surface area contributed by atoms with Crippen LogP contribution in [0.2, 0.25) is 0 Å². The van der Waals surface area contributed by atoms with Crippen molar-refractivity contribution in [1.82, 2.24) is 14.9 Å². The molecule has 3 rings (SSSR count). The van der Waals surface area contributed by atoms with E-state index >= 15 is 0 Å². The van der Waals surface area contributed by atoms with Crippen molar-refractivity contribution in [3.05, 3.63) is 48.4 Å². The third-order valence-electron chi connectivity index (χ3n) is 3.66. The van der Waals surface area contributed by atoms with Crippen LogP contribution >= 0.6 is 11.3 Å². The maximum atomic E-state index is 7.99. The minimum Gasteiger partial charge on any atom is -0.360 e. The van der Waals surface area contributed by atoms with Gasteiger partial charge >= 0.3 is 0 Å². The molecule has 0 aliphatic carbocycles. The molecule has 2 aromatic heterocycles. The summed E-state index contributed by atoms with van der Waals surface area (Å²) in [6, 6.07) is 10.5. The lowest BCUT2D eigenvalue weighted by Gasteiger charge is -2.15. The van der Waals surface area contributed by atoms with Gasteiger partial charge in [0, 0.05) is 18.3 Å². The van der Waals surface area contributed by atoms with Gasteiger partial charge in [-0.3, -0.25) is 5.41 Å². The molecule has 0 fully saturated rings. The number of likely N-dealkylation sites (N-methyl/N-ethyl adjacent to an activating group) is 1. The van der Waals surface area contributed by atoms with Gasteiger partial charge in [0.15, 0.2) is 0 Å². The molecule has 1 aromatic carbocycles. The van der Waals surface area contributed by atoms with Crippen molar-refractivity contribution >= 4 is 33.3 Å². The molecule has 0 saturated heterocycles. The van der Waals surface area contributed by atoms with E-state index in [2.05, 4.69) is 47.2 Å². The summed E-state index contributed by atoms with van der Waals surface area (Å²) in [6.07, 6.45) is 6.52. The number of nitrogens with zero attached hydrogens (tertiary/aromatic N) is 2. The SMILES string of the molecule is CCCN(C)C(=N)/C=C\c1ncc(-c2cc3ccccc3s2)[nH]1. The summed E-state index contributed by atoms with van der Waals surface area (Å²) < 4.78 is 1.28. The zero-order valence-corrected chi connectivity index (χ0v) is 14.2. The van der Waals surface area contributed by atoms with E-state index in [0.717, 1.165) is 24.5 Å². The number of hydrogen-bond acceptors (Lipinski definition) is 3. The lowest BCUT2D eigenvalue weighted by atomic mass is 10.2. The summed E-state index contributed by atoms with van der Waals surface area (Å²) >= 11 is 1.75. The number of rotatable bonds is 5. The smallest absolute Gasteiger partial charge is 0.130 e. The molecule has 23 heavy (non-hydrogen) atoms. The second-order valence-electron chi connectivity index (χ2n) is 5.47. The van der Waals surface area contributed by atoms with Crippen LogP contribution in [-0.2, 0) is 0 Å². The van der Waals surface area contributed by atoms with Gasteiger partial charge in [-0.2, -0.15) is 0 Å². The van der Waals surface area contributed by atoms with Gasteiger partial charge in [0.25, 0.3) is 0 Å². The average Bonchev–Trinajstić information content (AvgIpc) is 3.19. The zero-order valence-electron chi connectivity index (χ0n) is 13.3. The van der Waals surface area contributed by atoms with Crippen LogP contribution in [-0.4, -0.2) is 34.3 Å². The monoisotopic (exact) mass is 324 g/mol. The van der Waals surface area contributed by atoms with Crippen LogP contribution in [0, 0.1) is 5.41 Å². The summed E-state index contributed by atoms with van der Waals surface area (Å²) in [7, 11) is 1.93. The molecule has 0 atom stereocenters. The van der Waals surface area contributed by atoms with Gasteiger partial charge in [-0.25, -0.2) is 4.98 Å². The van der Waals surface area contributed by atoms with Gasteiger partial charge < -0.3 is 9.88 Å². The Morgan fingerprint density at radius 1 is 1.39 bits per heavy atom. The predicted octanol–water partition coefficient (Wildman–Crippen LogP) is 4.62. The van der Waals surface area contributed by atoms with Gasteiger partial charge in [0.05, 0.1) is 16.8 Å². The highest BCUT2D eigenvalue weighted by molar-refractivity contribution is 7.22. The molecule has 0 saturated carbocycles. The normalized spacial score (nSPS) is 11.4. The highest BCUT2D eigenvalue weighted by Crippen LogP contribution is 2.32. The second kappa shape index (κ2) is 6.79. The average molecular weight is 324 g/mol. The number of thiophene rings is 1. The third kappa shape index (κ3) is 3.51. The van der Waals surface area contributed by atoms with Crippen LogP contribution in [0.5, 0.6) is 0 Å². The maximum Gasteiger partial charge on any atom is 0.130 e. The molecule has 0 spiro atoms. The molecule has 0 amide bonds. The van der Waals surface area contributed by atoms with Crippen molar-refractivity contribution in [3.63, 3.8) is 0 Å². The van der Waals surface area contributed by atoms with Crippen molar-refractivity contribution in [3.8, 4) is 10.6 Å². The molecule has 2 heterocycles. The van der Waals surface area contributed by atoms with E-state index in [0.29, 0.717) is 5.84 Å². The number of imidazole rings is 1. The first-order chi connectivity index (χ1) is 11.2. The molecule has 0 radical (unpaired) electrons. The molecule has 4 nitrogen and oxygen atoms in total. The largest absolute Gasteiger partial charge is 0.360 e. The van der Waals surface area contributed by atoms with Crippen LogP contribution in [0.4, 0.5) is 0 Å². The second-order valence-corrected chi connectivity index (χ2v) is 6.55. The molecule has 2 N–H and O–H groups in total. The van der Waals surface area contributed by atoms with Crippen molar-refractivity contribution < 1.29 is 0 Å². The molecule has 0 aliphatic heterocycles. The van der Waals surface area contributed by atoms with Crippen molar-refractivity contribution in [2.24, 2.45) is 0 Å². The van der Waals surface area contributed by atoms with Gasteiger partial charge in [0.1, 0.15) is 11.7 Å². The van der Waals surface area contributed by atoms with E-state index in [1.807, 2.05) is 24.2 Å². The molecule has 0 unspecified atom stereocenters. The highest BCUT2D eigenvalue weighted by atomic mass is 32.1. The minimum atomic E-state index is 0.492. The Labute approximate surface area is 140 Å². The zero-order chi connectivity index (χ0) is 16.2. The first kappa shape index (κ1) is 15.5. The Kier molecular flexibility index (Phi) is 4.57. The summed E-state index contributed by atoms with van der Waals surface area (Å²) in [6.45, 7) is 2.99. The van der Waals surface area contributed by atoms with E-state index < -0.39 is 0 Å². The molecule has 118 valence electrons. The fourth-order valence-corrected chi connectivity index (χ4v) is 3.43. The first-order valence-electron chi connectivity index (χ1n) is 7.69. The summed E-state index contributed by atoms with van der Waals surface area (Å²) in [4.78, 5) is 10.8. The number of aromatic amines is 1. The third-order valence-corrected chi connectivity index (χ3v) is 4.81. The summed E-state index contributed by atoms with van der Waals surface area (Å²) in [5, 5.41) is 9.24. The number of hydrogen-bond donors (Lipinski definition) is 2. The van der Waals surface area contributed by atoms with Crippen LogP contribution in [0.15, 0.2) is 42.6 Å². The number of fused-ring (bicyclic) bond motifs is 1. The van der Waals surface area contributed by atoms with Gasteiger partial charge in [-0.1, -0.05) is 25.1 Å². The van der Waals surface area contributed by atoms with E-state index in [1.165, 1.54) is 15.0 Å². The number of H-pyrrole nitrogens is 1. The quantitative estimate of drug-likeness (QED) is 0.531. The van der Waals surface area contributed by atoms with Crippen molar-refractivity contribution in [2.45, 2.75) is 13.3 Å². The lowest BCUT2D eigenvalue weighted by molar-refractivity contribution is 0.501. The Hall–Kier alpha value is -2.40. The highest BCUT2D eigenvalue weighted by Gasteiger charge is 2.06. The van der Waals surface area contributed by atoms with E-state index in [4.69, 9.17) is 5.41 Å². The van der Waals surface area contributed by atoms with E-state index in [9.17, 15) is 0 Å². The fraction of sp³-hybridized carbons (Fsp3) is 0.222. The lowest BCUT2D eigenvalue weighted by Crippen LogP contribution is -2.24. The number of amidine groups is 1. The van der Waals surface area contributed by atoms with Gasteiger partial charge in [0.2, 0.25) is 0 Å². The first-order valence-corrected chi connectivity index (χ1v) is 8.50. The Balaban J connectivity index is 1.76. The van der Waals surface area contributed by atoms with E-state index in [1.54, 1.807) is 17.4 Å². The van der Waals surface area contributed by atoms with Crippen molar-refractivity contribution in [1.29, 1.82) is 5.41 Å². The number of aromatic nitrogens is 2. The number of nitrogens with one attached hydrogen (secondary N) is 2. The van der Waals surface area contributed by atoms with Crippen molar-refractivity contribution in [2.75, 3.05) is 13.6 Å². The molecular formula is C18H20N4S. The molecule has 0 bridgehead atoms. The molecular weight excluding hydrogens is 304 g/mol. The maximum absolute atomic E-state index is 7.99. The summed E-state index contributed by atoms with van der Waals surface area (Å²) in [5.74, 6) is 1.26. The van der Waals surface area contributed by atoms with Gasteiger partial charge in [-0.15, -0.1) is 11.3 Å². The standard InChI is InChI=1S/C18H20N4S/c1-3-10-22(2)17(19)8-9-18-20-12-14(21-18)16-11-13-6-4-5-7-15(13)23-16/h4-9,11-12,19H,3,10H2,1-2H3,(H,20,21)/b9-8-,19-17?. The van der Waals surface area contributed by atoms with Crippen LogP contribution in [0.1, 0.15) is 19.2 Å². The predicted molar refractivity (Wildman–Crippen MR) is 99.1 cm³/mol. The van der Waals surface area contributed by atoms with Gasteiger partial charge in [-0.05, 0) is 36.1 Å². The summed E-state index contributed by atoms with van der Waals surface area (Å²) in [5.41, 5.74) is 1.01. The van der Waals surface area contributed by atoms with Crippen LogP contribution in [0.3, 0.4) is 0 Å². The Morgan fingerprint density at radius 3 is 3.00 bits per heavy atom. The molecule has 3 aromatic rings. The Bertz CT molecular complexity index is 810. The molecule has 5 heteroatoms. The van der Waals surface area contributed by atoms with Crippen LogP contribution in [0.25, 0.3) is 26.7 Å². The topological polar surface area (TPSA) is 55.8 Å². The van der Waals surface area contributed by atoms with Crippen LogP contribution < -0.4 is 0 Å².